The average molecular weight is 387 g/mol. The van der Waals surface area contributed by atoms with Gasteiger partial charge in [0.15, 0.2) is 0 Å². The van der Waals surface area contributed by atoms with Gasteiger partial charge in [0.2, 0.25) is 0 Å². The van der Waals surface area contributed by atoms with Crippen LogP contribution in [0.25, 0.3) is 12.2 Å². The van der Waals surface area contributed by atoms with Crippen LogP contribution in [-0.2, 0) is 6.18 Å². The standard InChI is InChI=1S/C23H24F3NO/c1-2-27(28)13-11-18(12-14-27)22-20-6-4-3-5-16(20)7-8-17-9-10-19(15-21(17)22)23(24,25)26/h3-10,15,18,22H,2,11-14H2,1H3. The molecule has 1 aliphatic heterocycles. The lowest BCUT2D eigenvalue weighted by Gasteiger charge is -2.48. The van der Waals surface area contributed by atoms with Crippen LogP contribution in [0.15, 0.2) is 42.5 Å². The number of hydrogen-bond acceptors (Lipinski definition) is 1. The SMILES string of the molecule is CC[N+]1([O-])CCC(C2c3ccccc3C=Cc3ccc(C(F)(F)F)cc32)CC1. The number of piperidine rings is 1. The van der Waals surface area contributed by atoms with Gasteiger partial charge in [0.1, 0.15) is 0 Å². The van der Waals surface area contributed by atoms with Gasteiger partial charge in [-0.05, 0) is 47.2 Å². The Hall–Kier alpha value is -2.11. The molecule has 0 radical (unpaired) electrons. The van der Waals surface area contributed by atoms with Crippen LogP contribution in [0.1, 0.15) is 53.5 Å². The molecular weight excluding hydrogens is 363 g/mol. The summed E-state index contributed by atoms with van der Waals surface area (Å²) >= 11 is 0. The Morgan fingerprint density at radius 1 is 0.964 bits per heavy atom. The molecule has 1 unspecified atom stereocenters. The van der Waals surface area contributed by atoms with E-state index in [1.54, 1.807) is 6.07 Å². The van der Waals surface area contributed by atoms with Crippen LogP contribution in [0, 0.1) is 11.1 Å². The Kier molecular flexibility index (Phi) is 4.84. The summed E-state index contributed by atoms with van der Waals surface area (Å²) in [6.45, 7) is 3.51. The number of alkyl halides is 3. The van der Waals surface area contributed by atoms with Crippen LogP contribution < -0.4 is 0 Å². The van der Waals surface area contributed by atoms with Crippen molar-refractivity contribution in [3.63, 3.8) is 0 Å². The van der Waals surface area contributed by atoms with E-state index >= 15 is 0 Å². The molecule has 1 atom stereocenters. The summed E-state index contributed by atoms with van der Waals surface area (Å²) in [7, 11) is 0. The number of rotatable bonds is 2. The molecule has 2 aromatic rings. The Labute approximate surface area is 163 Å². The Morgan fingerprint density at radius 2 is 1.61 bits per heavy atom. The quantitative estimate of drug-likeness (QED) is 0.453. The minimum atomic E-state index is -4.37. The van der Waals surface area contributed by atoms with E-state index in [9.17, 15) is 18.4 Å². The van der Waals surface area contributed by atoms with Crippen molar-refractivity contribution in [1.82, 2.24) is 0 Å². The zero-order valence-corrected chi connectivity index (χ0v) is 15.9. The van der Waals surface area contributed by atoms with E-state index < -0.39 is 11.7 Å². The molecule has 0 bridgehead atoms. The van der Waals surface area contributed by atoms with Crippen molar-refractivity contribution < 1.29 is 17.8 Å². The van der Waals surface area contributed by atoms with E-state index in [-0.39, 0.29) is 16.5 Å². The maximum atomic E-state index is 13.4. The zero-order valence-electron chi connectivity index (χ0n) is 15.9. The van der Waals surface area contributed by atoms with Crippen molar-refractivity contribution in [3.8, 4) is 0 Å². The number of likely N-dealkylation sites (tertiary alicyclic amines) is 1. The van der Waals surface area contributed by atoms with E-state index in [0.717, 1.165) is 41.2 Å². The molecule has 2 aromatic carbocycles. The first kappa shape index (κ1) is 19.2. The molecule has 1 heterocycles. The number of hydrogen-bond donors (Lipinski definition) is 0. The number of quaternary nitrogens is 1. The topological polar surface area (TPSA) is 23.1 Å². The first-order chi connectivity index (χ1) is 13.3. The van der Waals surface area contributed by atoms with Gasteiger partial charge in [0, 0.05) is 18.8 Å². The Bertz CT molecular complexity index is 895. The molecule has 4 rings (SSSR count). The van der Waals surface area contributed by atoms with E-state index in [2.05, 4.69) is 0 Å². The minimum absolute atomic E-state index is 0.130. The van der Waals surface area contributed by atoms with Crippen LogP contribution >= 0.6 is 0 Å². The molecule has 1 saturated heterocycles. The molecule has 0 aromatic heterocycles. The monoisotopic (exact) mass is 387 g/mol. The van der Waals surface area contributed by atoms with Crippen molar-refractivity contribution >= 4 is 12.2 Å². The zero-order chi connectivity index (χ0) is 19.9. The second kappa shape index (κ2) is 7.05. The highest BCUT2D eigenvalue weighted by Crippen LogP contribution is 2.45. The molecule has 0 spiro atoms. The van der Waals surface area contributed by atoms with Crippen LogP contribution in [0.4, 0.5) is 13.2 Å². The summed E-state index contributed by atoms with van der Waals surface area (Å²) in [5, 5.41) is 12.6. The van der Waals surface area contributed by atoms with Gasteiger partial charge in [-0.2, -0.15) is 13.2 Å². The second-order valence-electron chi connectivity index (χ2n) is 7.94. The van der Waals surface area contributed by atoms with Crippen molar-refractivity contribution in [1.29, 1.82) is 0 Å². The molecule has 28 heavy (non-hydrogen) atoms. The van der Waals surface area contributed by atoms with Gasteiger partial charge >= 0.3 is 6.18 Å². The van der Waals surface area contributed by atoms with Crippen LogP contribution in [0.5, 0.6) is 0 Å². The van der Waals surface area contributed by atoms with Crippen LogP contribution in [0.2, 0.25) is 0 Å². The molecule has 2 aliphatic rings. The number of nitrogens with zero attached hydrogens (tertiary/aromatic N) is 1. The first-order valence-electron chi connectivity index (χ1n) is 9.86. The number of benzene rings is 2. The number of halogens is 3. The fourth-order valence-electron chi connectivity index (χ4n) is 4.68. The Balaban J connectivity index is 1.81. The molecule has 1 aliphatic carbocycles. The van der Waals surface area contributed by atoms with Gasteiger partial charge in [-0.25, -0.2) is 0 Å². The normalized spacial score (nSPS) is 27.0. The van der Waals surface area contributed by atoms with Gasteiger partial charge in [-0.15, -0.1) is 0 Å². The third-order valence-corrected chi connectivity index (χ3v) is 6.39. The lowest BCUT2D eigenvalue weighted by Crippen LogP contribution is -2.48. The first-order valence-corrected chi connectivity index (χ1v) is 9.86. The highest BCUT2D eigenvalue weighted by Gasteiger charge is 2.37. The lowest BCUT2D eigenvalue weighted by molar-refractivity contribution is -0.885. The summed E-state index contributed by atoms with van der Waals surface area (Å²) in [6, 6.07) is 12.0. The van der Waals surface area contributed by atoms with Crippen LogP contribution in [-0.4, -0.2) is 24.3 Å². The lowest BCUT2D eigenvalue weighted by atomic mass is 9.74. The summed E-state index contributed by atoms with van der Waals surface area (Å²) in [5.74, 6) is 0.0316. The molecule has 0 N–H and O–H groups in total. The van der Waals surface area contributed by atoms with Crippen LogP contribution in [0.3, 0.4) is 0 Å². The average Bonchev–Trinajstić information content (AvgIpc) is 2.84. The molecule has 5 heteroatoms. The summed E-state index contributed by atoms with van der Waals surface area (Å²) in [5.41, 5.74) is 3.05. The molecule has 0 saturated carbocycles. The van der Waals surface area contributed by atoms with E-state index in [1.807, 2.05) is 43.3 Å². The number of hydroxylamine groups is 3. The van der Waals surface area contributed by atoms with Crippen molar-refractivity contribution in [2.75, 3.05) is 19.6 Å². The fourth-order valence-corrected chi connectivity index (χ4v) is 4.68. The summed E-state index contributed by atoms with van der Waals surface area (Å²) < 4.78 is 40.0. The number of fused-ring (bicyclic) bond motifs is 2. The summed E-state index contributed by atoms with van der Waals surface area (Å²) in [6.07, 6.45) is 0.990. The van der Waals surface area contributed by atoms with Crippen molar-refractivity contribution in [3.05, 3.63) is 75.5 Å². The van der Waals surface area contributed by atoms with Gasteiger partial charge in [0.05, 0.1) is 25.2 Å². The van der Waals surface area contributed by atoms with Gasteiger partial charge in [0.25, 0.3) is 0 Å². The third kappa shape index (κ3) is 3.49. The maximum Gasteiger partial charge on any atom is 0.416 e. The second-order valence-corrected chi connectivity index (χ2v) is 7.94. The molecule has 0 amide bonds. The van der Waals surface area contributed by atoms with E-state index in [1.165, 1.54) is 6.07 Å². The largest absolute Gasteiger partial charge is 0.633 e. The summed E-state index contributed by atoms with van der Waals surface area (Å²) in [4.78, 5) is 0. The molecule has 148 valence electrons. The predicted octanol–water partition coefficient (Wildman–Crippen LogP) is 6.07. The van der Waals surface area contributed by atoms with Gasteiger partial charge < -0.3 is 9.85 Å². The van der Waals surface area contributed by atoms with Crippen molar-refractivity contribution in [2.45, 2.75) is 31.9 Å². The smallest absolute Gasteiger partial charge is 0.416 e. The van der Waals surface area contributed by atoms with Gasteiger partial charge in [-0.3, -0.25) is 0 Å². The van der Waals surface area contributed by atoms with Gasteiger partial charge in [-0.1, -0.05) is 42.5 Å². The van der Waals surface area contributed by atoms with E-state index in [0.29, 0.717) is 19.6 Å². The third-order valence-electron chi connectivity index (χ3n) is 6.39. The molecule has 2 nitrogen and oxygen atoms in total. The molecule has 1 fully saturated rings. The highest BCUT2D eigenvalue weighted by atomic mass is 19.4. The minimum Gasteiger partial charge on any atom is -0.633 e. The maximum absolute atomic E-state index is 13.4. The highest BCUT2D eigenvalue weighted by molar-refractivity contribution is 5.76. The van der Waals surface area contributed by atoms with Crippen molar-refractivity contribution in [2.24, 2.45) is 5.92 Å². The molecular formula is C23H24F3NO. The van der Waals surface area contributed by atoms with E-state index in [4.69, 9.17) is 0 Å². The predicted molar refractivity (Wildman–Crippen MR) is 105 cm³/mol. The fraction of sp³-hybridized carbons (Fsp3) is 0.391. The Morgan fingerprint density at radius 3 is 2.25 bits per heavy atom.